The van der Waals surface area contributed by atoms with Crippen molar-refractivity contribution >= 4 is 5.69 Å². The van der Waals surface area contributed by atoms with Crippen molar-refractivity contribution in [3.05, 3.63) is 29.3 Å². The molecule has 1 saturated heterocycles. The standard InChI is InChI=1S/C11H17N3/c1-7-3-4-9(6-10(7)12)11-5-8(2)13-14-11/h3-4,6,8,11,13-14H,5,12H2,1-2H3. The van der Waals surface area contributed by atoms with Gasteiger partial charge in [0.15, 0.2) is 0 Å². The summed E-state index contributed by atoms with van der Waals surface area (Å²) in [5, 5.41) is 0. The van der Waals surface area contributed by atoms with Gasteiger partial charge >= 0.3 is 0 Å². The number of aryl methyl sites for hydroxylation is 1. The molecule has 2 rings (SSSR count). The SMILES string of the molecule is Cc1ccc(C2CC(C)NN2)cc1N. The maximum Gasteiger partial charge on any atom is 0.0478 e. The molecule has 0 aliphatic carbocycles. The van der Waals surface area contributed by atoms with Crippen LogP contribution in [-0.2, 0) is 0 Å². The lowest BCUT2D eigenvalue weighted by Crippen LogP contribution is -2.28. The number of benzene rings is 1. The Morgan fingerprint density at radius 1 is 1.36 bits per heavy atom. The topological polar surface area (TPSA) is 50.1 Å². The molecule has 1 aromatic rings. The van der Waals surface area contributed by atoms with E-state index in [1.165, 1.54) is 5.56 Å². The lowest BCUT2D eigenvalue weighted by Gasteiger charge is -2.11. The van der Waals surface area contributed by atoms with Crippen molar-refractivity contribution in [2.75, 3.05) is 5.73 Å². The third kappa shape index (κ3) is 1.74. The van der Waals surface area contributed by atoms with E-state index < -0.39 is 0 Å². The molecular formula is C11H17N3. The van der Waals surface area contributed by atoms with Crippen LogP contribution in [0.5, 0.6) is 0 Å². The second-order valence-corrected chi connectivity index (χ2v) is 4.09. The van der Waals surface area contributed by atoms with E-state index in [2.05, 4.69) is 36.0 Å². The molecule has 1 aliphatic heterocycles. The van der Waals surface area contributed by atoms with Crippen LogP contribution in [0.1, 0.15) is 30.5 Å². The minimum atomic E-state index is 0.396. The maximum absolute atomic E-state index is 5.87. The Bertz CT molecular complexity index is 335. The van der Waals surface area contributed by atoms with E-state index in [4.69, 9.17) is 5.73 Å². The average Bonchev–Trinajstić information content (AvgIpc) is 2.57. The summed E-state index contributed by atoms with van der Waals surface area (Å²) in [5.41, 5.74) is 15.6. The molecule has 4 N–H and O–H groups in total. The zero-order valence-corrected chi connectivity index (χ0v) is 8.67. The Balaban J connectivity index is 2.20. The molecule has 1 aromatic carbocycles. The van der Waals surface area contributed by atoms with E-state index >= 15 is 0 Å². The Morgan fingerprint density at radius 2 is 2.14 bits per heavy atom. The number of nitrogens with one attached hydrogen (secondary N) is 2. The van der Waals surface area contributed by atoms with E-state index in [9.17, 15) is 0 Å². The van der Waals surface area contributed by atoms with Gasteiger partial charge in [-0.2, -0.15) is 0 Å². The van der Waals surface area contributed by atoms with Crippen molar-refractivity contribution in [1.29, 1.82) is 0 Å². The fraction of sp³-hybridized carbons (Fsp3) is 0.455. The van der Waals surface area contributed by atoms with Gasteiger partial charge in [0.05, 0.1) is 0 Å². The quantitative estimate of drug-likeness (QED) is 0.590. The van der Waals surface area contributed by atoms with E-state index in [0.29, 0.717) is 12.1 Å². The molecule has 0 bridgehead atoms. The molecule has 1 aliphatic rings. The zero-order chi connectivity index (χ0) is 10.1. The van der Waals surface area contributed by atoms with Gasteiger partial charge in [-0.15, -0.1) is 0 Å². The van der Waals surface area contributed by atoms with E-state index in [0.717, 1.165) is 17.7 Å². The van der Waals surface area contributed by atoms with Gasteiger partial charge in [-0.25, -0.2) is 0 Å². The molecule has 0 radical (unpaired) electrons. The number of rotatable bonds is 1. The number of anilines is 1. The maximum atomic E-state index is 5.87. The smallest absolute Gasteiger partial charge is 0.0478 e. The van der Waals surface area contributed by atoms with Crippen LogP contribution >= 0.6 is 0 Å². The Kier molecular flexibility index (Phi) is 2.44. The highest BCUT2D eigenvalue weighted by atomic mass is 15.4. The van der Waals surface area contributed by atoms with Crippen LogP contribution in [0.15, 0.2) is 18.2 Å². The van der Waals surface area contributed by atoms with Crippen LogP contribution in [0.25, 0.3) is 0 Å². The molecular weight excluding hydrogens is 174 g/mol. The van der Waals surface area contributed by atoms with Gasteiger partial charge in [0.25, 0.3) is 0 Å². The third-order valence-electron chi connectivity index (χ3n) is 2.80. The normalized spacial score (nSPS) is 26.7. The van der Waals surface area contributed by atoms with E-state index in [1.807, 2.05) is 6.92 Å². The highest BCUT2D eigenvalue weighted by Crippen LogP contribution is 2.24. The summed E-state index contributed by atoms with van der Waals surface area (Å²) in [7, 11) is 0. The average molecular weight is 191 g/mol. The number of hydrogen-bond acceptors (Lipinski definition) is 3. The highest BCUT2D eigenvalue weighted by Gasteiger charge is 2.21. The fourth-order valence-electron chi connectivity index (χ4n) is 1.81. The van der Waals surface area contributed by atoms with Crippen LogP contribution < -0.4 is 16.6 Å². The number of nitrogens with two attached hydrogens (primary N) is 1. The first-order valence-corrected chi connectivity index (χ1v) is 5.04. The molecule has 2 unspecified atom stereocenters. The summed E-state index contributed by atoms with van der Waals surface area (Å²) in [4.78, 5) is 0. The van der Waals surface area contributed by atoms with Gasteiger partial charge in [0.2, 0.25) is 0 Å². The molecule has 2 atom stereocenters. The molecule has 0 saturated carbocycles. The van der Waals surface area contributed by atoms with Crippen molar-refractivity contribution in [2.24, 2.45) is 0 Å². The summed E-state index contributed by atoms with van der Waals surface area (Å²) in [5.74, 6) is 0. The first kappa shape index (κ1) is 9.49. The molecule has 0 amide bonds. The highest BCUT2D eigenvalue weighted by molar-refractivity contribution is 5.49. The summed E-state index contributed by atoms with van der Waals surface area (Å²) in [6.45, 7) is 4.20. The van der Waals surface area contributed by atoms with Gasteiger partial charge in [-0.1, -0.05) is 12.1 Å². The molecule has 1 fully saturated rings. The second-order valence-electron chi connectivity index (χ2n) is 4.09. The lowest BCUT2D eigenvalue weighted by molar-refractivity contribution is 0.560. The van der Waals surface area contributed by atoms with Crippen LogP contribution in [0.4, 0.5) is 5.69 Å². The minimum Gasteiger partial charge on any atom is -0.399 e. The van der Waals surface area contributed by atoms with Gasteiger partial charge in [0.1, 0.15) is 0 Å². The first-order chi connectivity index (χ1) is 6.66. The van der Waals surface area contributed by atoms with Gasteiger partial charge in [-0.05, 0) is 37.5 Å². The predicted octanol–water partition coefficient (Wildman–Crippen LogP) is 1.50. The molecule has 0 spiro atoms. The molecule has 1 heterocycles. The first-order valence-electron chi connectivity index (χ1n) is 5.04. The van der Waals surface area contributed by atoms with Crippen molar-refractivity contribution in [3.63, 3.8) is 0 Å². The number of hydrazine groups is 1. The van der Waals surface area contributed by atoms with Gasteiger partial charge in [0, 0.05) is 17.8 Å². The van der Waals surface area contributed by atoms with Crippen molar-refractivity contribution in [2.45, 2.75) is 32.4 Å². The van der Waals surface area contributed by atoms with Crippen molar-refractivity contribution in [3.8, 4) is 0 Å². The molecule has 14 heavy (non-hydrogen) atoms. The number of nitrogen functional groups attached to an aromatic ring is 1. The van der Waals surface area contributed by atoms with Crippen LogP contribution in [0.3, 0.4) is 0 Å². The van der Waals surface area contributed by atoms with Gasteiger partial charge < -0.3 is 5.73 Å². The van der Waals surface area contributed by atoms with E-state index in [1.54, 1.807) is 0 Å². The molecule has 3 nitrogen and oxygen atoms in total. The summed E-state index contributed by atoms with van der Waals surface area (Å²) >= 11 is 0. The fourth-order valence-corrected chi connectivity index (χ4v) is 1.81. The lowest BCUT2D eigenvalue weighted by atomic mass is 10.0. The largest absolute Gasteiger partial charge is 0.399 e. The summed E-state index contributed by atoms with van der Waals surface area (Å²) in [6, 6.07) is 7.21. The Labute approximate surface area is 84.7 Å². The summed E-state index contributed by atoms with van der Waals surface area (Å²) in [6.07, 6.45) is 1.11. The molecule has 0 aromatic heterocycles. The zero-order valence-electron chi connectivity index (χ0n) is 8.67. The number of hydrogen-bond donors (Lipinski definition) is 3. The Morgan fingerprint density at radius 3 is 2.71 bits per heavy atom. The van der Waals surface area contributed by atoms with Crippen molar-refractivity contribution < 1.29 is 0 Å². The molecule has 76 valence electrons. The van der Waals surface area contributed by atoms with Crippen LogP contribution in [-0.4, -0.2) is 6.04 Å². The predicted molar refractivity (Wildman–Crippen MR) is 58.7 cm³/mol. The third-order valence-corrected chi connectivity index (χ3v) is 2.80. The monoisotopic (exact) mass is 191 g/mol. The Hall–Kier alpha value is -1.06. The molecule has 3 heteroatoms. The van der Waals surface area contributed by atoms with Gasteiger partial charge in [-0.3, -0.25) is 10.9 Å². The van der Waals surface area contributed by atoms with Crippen LogP contribution in [0, 0.1) is 6.92 Å². The van der Waals surface area contributed by atoms with Crippen molar-refractivity contribution in [1.82, 2.24) is 10.9 Å². The summed E-state index contributed by atoms with van der Waals surface area (Å²) < 4.78 is 0. The van der Waals surface area contributed by atoms with E-state index in [-0.39, 0.29) is 0 Å². The second kappa shape index (κ2) is 3.59. The minimum absolute atomic E-state index is 0.396. The van der Waals surface area contributed by atoms with Crippen LogP contribution in [0.2, 0.25) is 0 Å².